The summed E-state index contributed by atoms with van der Waals surface area (Å²) in [4.78, 5) is 27.8. The molecule has 3 aromatic rings. The monoisotopic (exact) mass is 453 g/mol. The number of aromatic nitrogens is 5. The van der Waals surface area contributed by atoms with Crippen molar-refractivity contribution >= 4 is 39.7 Å². The van der Waals surface area contributed by atoms with Crippen molar-refractivity contribution in [2.75, 3.05) is 25.6 Å². The van der Waals surface area contributed by atoms with Crippen LogP contribution in [0.5, 0.6) is 0 Å². The van der Waals surface area contributed by atoms with Crippen molar-refractivity contribution in [1.29, 1.82) is 0 Å². The van der Waals surface area contributed by atoms with E-state index in [1.54, 1.807) is 6.20 Å². The quantitative estimate of drug-likeness (QED) is 0.334. The van der Waals surface area contributed by atoms with Crippen LogP contribution >= 0.6 is 0 Å². The second kappa shape index (κ2) is 7.49. The average Bonchev–Trinajstić information content (AvgIpc) is 3.37. The summed E-state index contributed by atoms with van der Waals surface area (Å²) in [6.45, 7) is 0.544. The van der Waals surface area contributed by atoms with E-state index < -0.39 is 17.4 Å². The van der Waals surface area contributed by atoms with Gasteiger partial charge in [-0.1, -0.05) is 0 Å². The highest BCUT2D eigenvalue weighted by Crippen LogP contribution is 2.60. The van der Waals surface area contributed by atoms with Crippen LogP contribution in [0, 0.1) is 17.8 Å². The fraction of sp³-hybridized carbons (Fsp3) is 0.591. The van der Waals surface area contributed by atoms with Gasteiger partial charge in [-0.3, -0.25) is 19.6 Å². The van der Waals surface area contributed by atoms with Crippen molar-refractivity contribution in [1.82, 2.24) is 30.3 Å². The number of fused-ring (bicyclic) bond motifs is 3. The molecule has 0 aromatic carbocycles. The molecule has 11 nitrogen and oxygen atoms in total. The van der Waals surface area contributed by atoms with E-state index in [1.165, 1.54) is 7.11 Å². The van der Waals surface area contributed by atoms with Crippen molar-refractivity contribution in [3.05, 3.63) is 12.3 Å². The van der Waals surface area contributed by atoms with Gasteiger partial charge < -0.3 is 20.1 Å². The zero-order valence-corrected chi connectivity index (χ0v) is 18.4. The number of methoxy groups -OCH3 is 1. The van der Waals surface area contributed by atoms with Gasteiger partial charge in [0.1, 0.15) is 5.52 Å². The molecule has 0 unspecified atom stereocenters. The molecule has 0 radical (unpaired) electrons. The van der Waals surface area contributed by atoms with Crippen LogP contribution in [0.15, 0.2) is 12.3 Å². The molecule has 4 bridgehead atoms. The molecule has 2 atom stereocenters. The van der Waals surface area contributed by atoms with Crippen LogP contribution in [0.2, 0.25) is 0 Å². The van der Waals surface area contributed by atoms with E-state index in [9.17, 15) is 14.7 Å². The lowest BCUT2D eigenvalue weighted by Gasteiger charge is -2.57. The topological polar surface area (TPSA) is 147 Å². The van der Waals surface area contributed by atoms with E-state index >= 15 is 0 Å². The molecule has 3 heterocycles. The number of aromatic amines is 1. The third-order valence-electron chi connectivity index (χ3n) is 7.62. The van der Waals surface area contributed by atoms with Gasteiger partial charge in [0.05, 0.1) is 18.2 Å². The second-order valence-corrected chi connectivity index (χ2v) is 9.82. The number of rotatable bonds is 5. The van der Waals surface area contributed by atoms with E-state index in [0.717, 1.165) is 43.0 Å². The smallest absolute Gasteiger partial charge is 0.314 e. The number of hydrogen-bond acceptors (Lipinski definition) is 7. The molecule has 4 aliphatic rings. The first-order valence-corrected chi connectivity index (χ1v) is 11.5. The number of hydrogen-bond donors (Lipinski definition) is 4. The van der Waals surface area contributed by atoms with Crippen molar-refractivity contribution in [2.45, 2.75) is 43.7 Å². The van der Waals surface area contributed by atoms with Crippen molar-refractivity contribution < 1.29 is 19.4 Å². The summed E-state index contributed by atoms with van der Waals surface area (Å²) >= 11 is 0. The normalized spacial score (nSPS) is 30.2. The van der Waals surface area contributed by atoms with Crippen molar-refractivity contribution in [3.8, 4) is 0 Å². The molecule has 4 fully saturated rings. The molecule has 4 aliphatic carbocycles. The van der Waals surface area contributed by atoms with Crippen LogP contribution in [0.25, 0.3) is 22.1 Å². The Morgan fingerprint density at radius 1 is 1.24 bits per heavy atom. The van der Waals surface area contributed by atoms with Crippen LogP contribution in [0.4, 0.5) is 5.82 Å². The maximum atomic E-state index is 12.5. The first kappa shape index (κ1) is 20.5. The summed E-state index contributed by atoms with van der Waals surface area (Å²) in [5.41, 5.74) is 1.32. The third kappa shape index (κ3) is 3.29. The fourth-order valence-electron chi connectivity index (χ4n) is 6.67. The maximum absolute atomic E-state index is 12.5. The van der Waals surface area contributed by atoms with Gasteiger partial charge in [0.25, 0.3) is 0 Å². The molecule has 4 N–H and O–H groups in total. The first-order chi connectivity index (χ1) is 16.0. The number of anilines is 1. The van der Waals surface area contributed by atoms with Gasteiger partial charge in [0.2, 0.25) is 0 Å². The number of H-pyrrole nitrogens is 1. The SMILES string of the molecule is COCCNC(=O)C(=O)Nc1nn(C2[C@H]3CC4C[C@H]2CC(O)(C4)C3)c2c1nnc1[nH]ccc12. The molecular weight excluding hydrogens is 426 g/mol. The number of amides is 2. The maximum Gasteiger partial charge on any atom is 0.314 e. The molecule has 11 heteroatoms. The summed E-state index contributed by atoms with van der Waals surface area (Å²) in [6.07, 6.45) is 6.39. The lowest BCUT2D eigenvalue weighted by Crippen LogP contribution is -2.55. The average molecular weight is 454 g/mol. The molecule has 2 amide bonds. The third-order valence-corrected chi connectivity index (χ3v) is 7.62. The first-order valence-electron chi connectivity index (χ1n) is 11.5. The Balaban J connectivity index is 1.39. The number of carbonyl (C=O) groups is 2. The zero-order chi connectivity index (χ0) is 22.7. The summed E-state index contributed by atoms with van der Waals surface area (Å²) in [5.74, 6) is -0.164. The number of aliphatic hydroxyl groups is 1. The number of carbonyl (C=O) groups excluding carboxylic acids is 2. The van der Waals surface area contributed by atoms with Crippen LogP contribution in [0.1, 0.15) is 38.1 Å². The van der Waals surface area contributed by atoms with Gasteiger partial charge in [-0.05, 0) is 55.9 Å². The lowest BCUT2D eigenvalue weighted by atomic mass is 9.52. The highest BCUT2D eigenvalue weighted by molar-refractivity contribution is 6.40. The Morgan fingerprint density at radius 3 is 2.76 bits per heavy atom. The molecule has 0 spiro atoms. The Hall–Kier alpha value is -3.05. The minimum atomic E-state index is -0.812. The molecule has 33 heavy (non-hydrogen) atoms. The second-order valence-electron chi connectivity index (χ2n) is 9.82. The van der Waals surface area contributed by atoms with Gasteiger partial charge in [0, 0.05) is 25.2 Å². The Morgan fingerprint density at radius 2 is 2.03 bits per heavy atom. The van der Waals surface area contributed by atoms with E-state index in [-0.39, 0.29) is 18.4 Å². The van der Waals surface area contributed by atoms with Gasteiger partial charge in [-0.25, -0.2) is 0 Å². The van der Waals surface area contributed by atoms with Gasteiger partial charge >= 0.3 is 11.8 Å². The van der Waals surface area contributed by atoms with Gasteiger partial charge in [0.15, 0.2) is 17.0 Å². The van der Waals surface area contributed by atoms with Crippen LogP contribution in [-0.2, 0) is 14.3 Å². The van der Waals surface area contributed by atoms with Gasteiger partial charge in [-0.15, -0.1) is 10.2 Å². The Kier molecular flexibility index (Phi) is 4.66. The Labute approximate surface area is 189 Å². The number of nitrogens with zero attached hydrogens (tertiary/aromatic N) is 4. The van der Waals surface area contributed by atoms with Crippen molar-refractivity contribution in [3.63, 3.8) is 0 Å². The minimum Gasteiger partial charge on any atom is -0.390 e. The van der Waals surface area contributed by atoms with Gasteiger partial charge in [-0.2, -0.15) is 5.10 Å². The fourth-order valence-corrected chi connectivity index (χ4v) is 6.67. The van der Waals surface area contributed by atoms with Crippen molar-refractivity contribution in [2.24, 2.45) is 17.8 Å². The van der Waals surface area contributed by atoms with E-state index in [0.29, 0.717) is 35.5 Å². The number of ether oxygens (including phenoxy) is 1. The predicted octanol–water partition coefficient (Wildman–Crippen LogP) is 1.12. The van der Waals surface area contributed by atoms with E-state index in [4.69, 9.17) is 9.84 Å². The largest absolute Gasteiger partial charge is 0.390 e. The molecule has 174 valence electrons. The van der Waals surface area contributed by atoms with Crippen LogP contribution < -0.4 is 10.6 Å². The highest BCUT2D eigenvalue weighted by atomic mass is 16.5. The number of nitrogens with one attached hydrogen (secondary N) is 3. The summed E-state index contributed by atoms with van der Waals surface area (Å²) < 4.78 is 6.89. The molecule has 7 rings (SSSR count). The lowest BCUT2D eigenvalue weighted by molar-refractivity contribution is -0.148. The predicted molar refractivity (Wildman–Crippen MR) is 118 cm³/mol. The molecule has 0 saturated heterocycles. The van der Waals surface area contributed by atoms with E-state index in [1.807, 2.05) is 10.7 Å². The standard InChI is InChI=1S/C22H27N7O4/c1-33-5-4-24-20(30)21(31)25-19-15-17(14-2-3-23-18(14)27-26-15)29(28-19)16-12-6-11-7-13(16)10-22(32,8-11)9-12/h2-3,11-13,16,32H,4-10H2,1H3,(H,23,27)(H,24,30)(H,25,28,31)/t11?,12-,13-,16?,22?/m0/s1. The minimum absolute atomic E-state index is 0.104. The highest BCUT2D eigenvalue weighted by Gasteiger charge is 2.56. The zero-order valence-electron chi connectivity index (χ0n) is 18.4. The van der Waals surface area contributed by atoms with E-state index in [2.05, 4.69) is 25.8 Å². The summed E-state index contributed by atoms with van der Waals surface area (Å²) in [5, 5.41) is 30.4. The molecule has 4 saturated carbocycles. The molecular formula is C22H27N7O4. The van der Waals surface area contributed by atoms with Crippen LogP contribution in [-0.4, -0.2) is 67.7 Å². The molecule has 0 aliphatic heterocycles. The molecule has 3 aromatic heterocycles. The summed E-state index contributed by atoms with van der Waals surface area (Å²) in [7, 11) is 1.52. The van der Waals surface area contributed by atoms with Crippen LogP contribution in [0.3, 0.4) is 0 Å². The summed E-state index contributed by atoms with van der Waals surface area (Å²) in [6, 6.07) is 2.03. The Bertz CT molecular complexity index is 1230.